The van der Waals surface area contributed by atoms with Crippen molar-refractivity contribution in [2.45, 2.75) is 141 Å². The molecule has 0 aliphatic carbocycles. The second kappa shape index (κ2) is 32.4. The van der Waals surface area contributed by atoms with Crippen molar-refractivity contribution in [3.63, 3.8) is 0 Å². The van der Waals surface area contributed by atoms with Crippen LogP contribution in [0, 0.1) is 5.92 Å². The Morgan fingerprint density at radius 1 is 0.687 bits per heavy atom. The smallest absolute Gasteiger partial charge is 0.251 e. The maximum absolute atomic E-state index is 14.4. The number of phenolic OH excluding ortho intramolecular Hbond substituents is 1. The molecule has 11 N–H and O–H groups in total. The Balaban J connectivity index is 1.06. The van der Waals surface area contributed by atoms with Gasteiger partial charge in [0.15, 0.2) is 0 Å². The number of phenols is 1. The van der Waals surface area contributed by atoms with Crippen LogP contribution in [-0.2, 0) is 39.9 Å². The molecule has 0 spiro atoms. The van der Waals surface area contributed by atoms with Crippen molar-refractivity contribution in [2.24, 2.45) is 11.7 Å². The predicted molar refractivity (Wildman–Crippen MR) is 314 cm³/mol. The molecule has 83 heavy (non-hydrogen) atoms. The Hall–Kier alpha value is -7.43. The maximum Gasteiger partial charge on any atom is 0.251 e. The molecule has 2 aliphatic heterocycles. The summed E-state index contributed by atoms with van der Waals surface area (Å²) in [4.78, 5) is 100. The number of hydrogen-bond acceptors (Lipinski definition) is 14. The largest absolute Gasteiger partial charge is 0.508 e. The molecule has 0 radical (unpaired) electrons. The lowest BCUT2D eigenvalue weighted by Crippen LogP contribution is -2.60. The number of β-amino-alcohol motifs (C(OH)–C–C–N with tert-alkyl or cyclic N) is 1. The normalized spacial score (nSPS) is 18.5. The van der Waals surface area contributed by atoms with E-state index in [1.807, 2.05) is 62.4 Å². The minimum Gasteiger partial charge on any atom is -0.508 e. The molecule has 6 rings (SSSR count). The number of nitrogens with zero attached hydrogens (tertiary/aromatic N) is 2. The number of amides is 7. The summed E-state index contributed by atoms with van der Waals surface area (Å²) in [7, 11) is 0. The van der Waals surface area contributed by atoms with Crippen molar-refractivity contribution < 1.29 is 58.4 Å². The van der Waals surface area contributed by atoms with Crippen molar-refractivity contribution in [1.29, 1.82) is 0 Å². The first-order valence-corrected chi connectivity index (χ1v) is 29.1. The summed E-state index contributed by atoms with van der Waals surface area (Å²) in [6.45, 7) is 10.7. The first-order valence-electron chi connectivity index (χ1n) is 29.1. The Morgan fingerprint density at radius 2 is 1.29 bits per heavy atom. The molecule has 0 bridgehead atoms. The molecule has 2 saturated heterocycles. The molecular formula is C62H85N9O12. The summed E-state index contributed by atoms with van der Waals surface area (Å²) in [5.41, 5.74) is 10.4. The number of aryl methyl sites for hydroxylation is 1. The third-order valence-corrected chi connectivity index (χ3v) is 14.9. The minimum absolute atomic E-state index is 0.00682. The lowest BCUT2D eigenvalue weighted by Gasteiger charge is -2.32. The van der Waals surface area contributed by atoms with Crippen LogP contribution in [0.1, 0.15) is 102 Å². The molecule has 6 unspecified atom stereocenters. The summed E-state index contributed by atoms with van der Waals surface area (Å²) < 4.78 is 11.3. The highest BCUT2D eigenvalue weighted by atomic mass is 16.5. The van der Waals surface area contributed by atoms with Gasteiger partial charge in [0.25, 0.3) is 5.91 Å². The number of hydrogen-bond donors (Lipinski definition) is 10. The van der Waals surface area contributed by atoms with Crippen molar-refractivity contribution in [1.82, 2.24) is 41.7 Å². The molecule has 0 saturated carbocycles. The highest BCUT2D eigenvalue weighted by molar-refractivity contribution is 5.99. The maximum atomic E-state index is 14.4. The lowest BCUT2D eigenvalue weighted by molar-refractivity contribution is -0.144. The molecule has 2 aliphatic rings. The zero-order chi connectivity index (χ0) is 60.0. The first-order chi connectivity index (χ1) is 39.9. The SMILES string of the molecule is CCCCCOc1ccc(-c2ccc(-c3ccc(C(=O)NCC(=O)NC(C(=O)N4C[C@H](O)CC4C(=O)NC(CCc4ccc(O)cc4)C(=O)NC(CC)C(=O)N4C[C@H](C)CC4C(=O)NC(CC)NCCOCCN)[C@@H](C)O)cc3)cc2)cc1. The van der Waals surface area contributed by atoms with Crippen LogP contribution < -0.4 is 42.4 Å². The van der Waals surface area contributed by atoms with Gasteiger partial charge in [-0.15, -0.1) is 0 Å². The number of carbonyl (C=O) groups excluding carboxylic acids is 7. The summed E-state index contributed by atoms with van der Waals surface area (Å²) in [5.74, 6) is -3.76. The number of carbonyl (C=O) groups is 7. The number of rotatable bonds is 31. The van der Waals surface area contributed by atoms with Gasteiger partial charge in [0.1, 0.15) is 41.7 Å². The number of aliphatic hydroxyl groups excluding tert-OH is 2. The second-order valence-electron chi connectivity index (χ2n) is 21.5. The van der Waals surface area contributed by atoms with Gasteiger partial charge in [-0.05, 0) is 116 Å². The van der Waals surface area contributed by atoms with Crippen molar-refractivity contribution in [2.75, 3.05) is 52.5 Å². The van der Waals surface area contributed by atoms with Gasteiger partial charge in [0, 0.05) is 38.2 Å². The first kappa shape index (κ1) is 64.7. The van der Waals surface area contributed by atoms with Crippen molar-refractivity contribution in [3.8, 4) is 33.8 Å². The van der Waals surface area contributed by atoms with E-state index < -0.39 is 84.4 Å². The van der Waals surface area contributed by atoms with Gasteiger partial charge < -0.3 is 66.9 Å². The summed E-state index contributed by atoms with van der Waals surface area (Å²) >= 11 is 0. The molecule has 2 fully saturated rings. The Morgan fingerprint density at radius 3 is 1.89 bits per heavy atom. The van der Waals surface area contributed by atoms with E-state index >= 15 is 0 Å². The van der Waals surface area contributed by atoms with Gasteiger partial charge in [-0.25, -0.2) is 0 Å². The van der Waals surface area contributed by atoms with E-state index in [1.54, 1.807) is 43.3 Å². The van der Waals surface area contributed by atoms with E-state index in [0.29, 0.717) is 45.8 Å². The molecular weight excluding hydrogens is 1060 g/mol. The number of nitrogens with one attached hydrogen (secondary N) is 6. The highest BCUT2D eigenvalue weighted by Crippen LogP contribution is 2.28. The lowest BCUT2D eigenvalue weighted by atomic mass is 9.99. The van der Waals surface area contributed by atoms with Crippen LogP contribution in [0.5, 0.6) is 11.5 Å². The molecule has 21 heteroatoms. The number of nitrogens with two attached hydrogens (primary N) is 1. The third-order valence-electron chi connectivity index (χ3n) is 14.9. The molecule has 7 amide bonds. The summed E-state index contributed by atoms with van der Waals surface area (Å²) in [6.07, 6.45) is 1.35. The number of aliphatic hydroxyl groups is 2. The molecule has 4 aromatic carbocycles. The fraction of sp³-hybridized carbons (Fsp3) is 0.500. The minimum atomic E-state index is -1.60. The number of ether oxygens (including phenoxy) is 2. The van der Waals surface area contributed by atoms with E-state index in [4.69, 9.17) is 15.2 Å². The van der Waals surface area contributed by atoms with Crippen LogP contribution in [0.3, 0.4) is 0 Å². The Kier molecular flexibility index (Phi) is 25.3. The van der Waals surface area contributed by atoms with Crippen LogP contribution in [-0.4, -0.2) is 168 Å². The van der Waals surface area contributed by atoms with E-state index in [-0.39, 0.29) is 68.1 Å². The Labute approximate surface area is 486 Å². The highest BCUT2D eigenvalue weighted by Gasteiger charge is 2.45. The number of aromatic hydroxyl groups is 1. The predicted octanol–water partition coefficient (Wildman–Crippen LogP) is 3.52. The zero-order valence-electron chi connectivity index (χ0n) is 48.4. The summed E-state index contributed by atoms with van der Waals surface area (Å²) in [5, 5.41) is 48.4. The zero-order valence-corrected chi connectivity index (χ0v) is 48.4. The quantitative estimate of drug-likeness (QED) is 0.0255. The van der Waals surface area contributed by atoms with E-state index in [2.05, 4.69) is 38.8 Å². The standard InChI is InChI=1S/C62H85N9O12/c1-6-9-10-31-83-49-26-22-45(23-27-49)43-16-14-42(15-17-43)44-18-20-46(21-19-44)57(76)65-36-55(75)69-56(40(5)72)62(81)71-38-48(74)35-53(71)59(78)67-51(28-13-41-11-24-47(73)25-12-41)58(77)66-50(7-2)61(80)70-37-39(4)34-52(70)60(79)68-54(8-3)64-30-33-82-32-29-63/h11-12,14-27,39-40,48,50-54,56,64,72-74H,6-10,13,28-38,63H2,1-5H3,(H,65,76)(H,66,77)(H,67,78)(H,68,79)(H,69,75)/t39-,40-,48-,50?,51?,52?,53?,54?,56?/m1/s1. The van der Waals surface area contributed by atoms with E-state index in [0.717, 1.165) is 57.7 Å². The monoisotopic (exact) mass is 1150 g/mol. The Bertz CT molecular complexity index is 2750. The number of benzene rings is 4. The number of unbranched alkanes of at least 4 members (excludes halogenated alkanes) is 2. The van der Waals surface area contributed by atoms with Gasteiger partial charge in [0.05, 0.1) is 44.7 Å². The van der Waals surface area contributed by atoms with Gasteiger partial charge in [-0.3, -0.25) is 38.9 Å². The van der Waals surface area contributed by atoms with Gasteiger partial charge in [-0.2, -0.15) is 0 Å². The van der Waals surface area contributed by atoms with Crippen LogP contribution in [0.25, 0.3) is 22.3 Å². The average Bonchev–Trinajstić information content (AvgIpc) is 4.26. The van der Waals surface area contributed by atoms with Gasteiger partial charge in [-0.1, -0.05) is 101 Å². The van der Waals surface area contributed by atoms with E-state index in [9.17, 15) is 48.9 Å². The molecule has 0 aromatic heterocycles. The topological polar surface area (TPSA) is 303 Å². The van der Waals surface area contributed by atoms with Crippen LogP contribution in [0.15, 0.2) is 97.1 Å². The fourth-order valence-electron chi connectivity index (χ4n) is 10.2. The molecule has 4 aromatic rings. The molecule has 2 heterocycles. The van der Waals surface area contributed by atoms with Crippen molar-refractivity contribution in [3.05, 3.63) is 108 Å². The average molecular weight is 1150 g/mol. The number of likely N-dealkylation sites (tertiary alicyclic amines) is 2. The van der Waals surface area contributed by atoms with Gasteiger partial charge >= 0.3 is 0 Å². The van der Waals surface area contributed by atoms with Crippen LogP contribution in [0.2, 0.25) is 0 Å². The fourth-order valence-corrected chi connectivity index (χ4v) is 10.2. The summed E-state index contributed by atoms with van der Waals surface area (Å²) in [6, 6.07) is 23.0. The van der Waals surface area contributed by atoms with Crippen molar-refractivity contribution >= 4 is 41.4 Å². The molecule has 21 nitrogen and oxygen atoms in total. The van der Waals surface area contributed by atoms with Crippen LogP contribution in [0.4, 0.5) is 0 Å². The third kappa shape index (κ3) is 19.1. The second-order valence-corrected chi connectivity index (χ2v) is 21.5. The van der Waals surface area contributed by atoms with E-state index in [1.165, 1.54) is 24.0 Å². The molecule has 450 valence electrons. The molecule has 9 atom stereocenters. The van der Waals surface area contributed by atoms with Gasteiger partial charge in [0.2, 0.25) is 35.4 Å². The van der Waals surface area contributed by atoms with Crippen LogP contribution >= 0.6 is 0 Å².